The Labute approximate surface area is 145 Å². The van der Waals surface area contributed by atoms with Gasteiger partial charge in [0.05, 0.1) is 11.8 Å². The van der Waals surface area contributed by atoms with Crippen LogP contribution in [0.5, 0.6) is 0 Å². The summed E-state index contributed by atoms with van der Waals surface area (Å²) in [5.74, 6) is 0. The van der Waals surface area contributed by atoms with Crippen LogP contribution >= 0.6 is 0 Å². The monoisotopic (exact) mass is 332 g/mol. The van der Waals surface area contributed by atoms with Crippen molar-refractivity contribution in [2.45, 2.75) is 32.8 Å². The normalized spacial score (nSPS) is 12.8. The molecule has 4 heterocycles. The number of hydrogen-bond donors (Lipinski definition) is 2. The lowest BCUT2D eigenvalue weighted by Gasteiger charge is -2.13. The largest absolute Gasteiger partial charge is 0.387 e. The lowest BCUT2D eigenvalue weighted by Crippen LogP contribution is -2.01. The second-order valence-electron chi connectivity index (χ2n) is 6.38. The highest BCUT2D eigenvalue weighted by Gasteiger charge is 2.12. The lowest BCUT2D eigenvalue weighted by atomic mass is 10.0. The lowest BCUT2D eigenvalue weighted by molar-refractivity contribution is 0.161. The minimum atomic E-state index is -0.499. The van der Waals surface area contributed by atoms with E-state index >= 15 is 0 Å². The van der Waals surface area contributed by atoms with E-state index in [0.717, 1.165) is 57.2 Å². The highest BCUT2D eigenvalue weighted by atomic mass is 16.3. The van der Waals surface area contributed by atoms with Crippen molar-refractivity contribution in [3.05, 3.63) is 54.2 Å². The molecule has 4 rings (SSSR count). The van der Waals surface area contributed by atoms with Crippen LogP contribution in [0.1, 0.15) is 37.1 Å². The summed E-state index contributed by atoms with van der Waals surface area (Å²) in [4.78, 5) is 16.5. The second-order valence-corrected chi connectivity index (χ2v) is 6.38. The van der Waals surface area contributed by atoms with Crippen molar-refractivity contribution in [1.29, 1.82) is 0 Å². The van der Waals surface area contributed by atoms with Gasteiger partial charge in [-0.1, -0.05) is 13.3 Å². The van der Waals surface area contributed by atoms with Crippen molar-refractivity contribution >= 4 is 21.8 Å². The van der Waals surface area contributed by atoms with Crippen LogP contribution in [0.15, 0.2) is 43.0 Å². The van der Waals surface area contributed by atoms with Gasteiger partial charge in [-0.05, 0) is 37.1 Å². The Bertz CT molecular complexity index is 1050. The maximum absolute atomic E-state index is 10.1. The zero-order valence-electron chi connectivity index (χ0n) is 14.3. The molecule has 1 unspecified atom stereocenters. The molecule has 0 radical (unpaired) electrons. The number of pyridine rings is 3. The quantitative estimate of drug-likeness (QED) is 0.584. The summed E-state index contributed by atoms with van der Waals surface area (Å²) in [6, 6.07) is 6.03. The third-order valence-corrected chi connectivity index (χ3v) is 4.60. The molecule has 0 saturated carbocycles. The molecule has 0 saturated heterocycles. The first kappa shape index (κ1) is 15.7. The summed E-state index contributed by atoms with van der Waals surface area (Å²) in [6.45, 7) is 4.10. The molecule has 0 bridgehead atoms. The fourth-order valence-corrected chi connectivity index (χ4v) is 3.24. The zero-order chi connectivity index (χ0) is 17.4. The van der Waals surface area contributed by atoms with Gasteiger partial charge < -0.3 is 10.1 Å². The fourth-order valence-electron chi connectivity index (χ4n) is 3.24. The van der Waals surface area contributed by atoms with E-state index in [9.17, 15) is 5.11 Å². The van der Waals surface area contributed by atoms with E-state index in [1.807, 2.05) is 37.6 Å². The Kier molecular flexibility index (Phi) is 3.93. The van der Waals surface area contributed by atoms with Crippen LogP contribution < -0.4 is 0 Å². The molecule has 4 aromatic rings. The molecule has 0 amide bonds. The van der Waals surface area contributed by atoms with Crippen molar-refractivity contribution in [3.63, 3.8) is 0 Å². The molecule has 0 spiro atoms. The number of nitrogens with one attached hydrogen (secondary N) is 1. The van der Waals surface area contributed by atoms with Crippen LogP contribution in [-0.2, 0) is 0 Å². The smallest absolute Gasteiger partial charge is 0.159 e. The molecule has 5 heteroatoms. The summed E-state index contributed by atoms with van der Waals surface area (Å²) in [7, 11) is 0. The number of aromatic amines is 1. The van der Waals surface area contributed by atoms with Crippen LogP contribution in [0.2, 0.25) is 0 Å². The molecular weight excluding hydrogens is 312 g/mol. The summed E-state index contributed by atoms with van der Waals surface area (Å²) in [6.07, 6.45) is 8.61. The van der Waals surface area contributed by atoms with Gasteiger partial charge in [0.2, 0.25) is 0 Å². The van der Waals surface area contributed by atoms with Crippen LogP contribution in [0, 0.1) is 6.92 Å². The molecule has 5 nitrogen and oxygen atoms in total. The first-order valence-corrected chi connectivity index (χ1v) is 8.54. The first-order valence-electron chi connectivity index (χ1n) is 8.54. The van der Waals surface area contributed by atoms with Crippen LogP contribution in [0.3, 0.4) is 0 Å². The number of aliphatic hydroxyl groups is 1. The van der Waals surface area contributed by atoms with Gasteiger partial charge in [-0.25, -0.2) is 9.97 Å². The Hall–Kier alpha value is -2.79. The number of aliphatic hydroxyl groups excluding tert-OH is 1. The average molecular weight is 332 g/mol. The van der Waals surface area contributed by atoms with E-state index in [1.54, 1.807) is 6.20 Å². The Balaban J connectivity index is 1.77. The summed E-state index contributed by atoms with van der Waals surface area (Å²) >= 11 is 0. The van der Waals surface area contributed by atoms with E-state index in [1.165, 1.54) is 0 Å². The molecule has 1 atom stereocenters. The number of aryl methyl sites for hydroxylation is 1. The first-order chi connectivity index (χ1) is 12.2. The maximum Gasteiger partial charge on any atom is 0.159 e. The summed E-state index contributed by atoms with van der Waals surface area (Å²) in [5, 5.41) is 13.4. The van der Waals surface area contributed by atoms with Crippen molar-refractivity contribution in [2.24, 2.45) is 0 Å². The van der Waals surface area contributed by atoms with Crippen molar-refractivity contribution < 1.29 is 5.11 Å². The molecule has 25 heavy (non-hydrogen) atoms. The fraction of sp³-hybridized carbons (Fsp3) is 0.250. The average Bonchev–Trinajstić information content (AvgIpc) is 3.10. The van der Waals surface area contributed by atoms with Crippen molar-refractivity contribution in [1.82, 2.24) is 19.9 Å². The molecule has 4 aromatic heterocycles. The molecule has 0 aliphatic rings. The third kappa shape index (κ3) is 2.76. The van der Waals surface area contributed by atoms with Crippen LogP contribution in [0.4, 0.5) is 0 Å². The van der Waals surface area contributed by atoms with E-state index in [4.69, 9.17) is 0 Å². The summed E-state index contributed by atoms with van der Waals surface area (Å²) < 4.78 is 0. The van der Waals surface area contributed by atoms with Crippen molar-refractivity contribution in [2.75, 3.05) is 0 Å². The minimum absolute atomic E-state index is 0.499. The number of rotatable bonds is 4. The van der Waals surface area contributed by atoms with Gasteiger partial charge in [-0.15, -0.1) is 0 Å². The predicted octanol–water partition coefficient (Wildman–Crippen LogP) is 4.32. The van der Waals surface area contributed by atoms with Gasteiger partial charge in [0.15, 0.2) is 5.65 Å². The number of fused-ring (bicyclic) bond motifs is 3. The molecule has 0 aliphatic heterocycles. The van der Waals surface area contributed by atoms with Gasteiger partial charge in [-0.3, -0.25) is 4.98 Å². The van der Waals surface area contributed by atoms with E-state index < -0.39 is 6.10 Å². The third-order valence-electron chi connectivity index (χ3n) is 4.60. The molecule has 126 valence electrons. The standard InChI is InChI=1S/C20H20N4O/c1-3-4-19(25)18-7-12(2)15(10-23-18)17-8-13-9-24-20-14(5-6-21-20)16(13)11-22-17/h5-11,19,22,25H,3-4H2,1-2H3. The number of aromatic nitrogens is 4. The Morgan fingerprint density at radius 2 is 2.00 bits per heavy atom. The maximum atomic E-state index is 10.1. The van der Waals surface area contributed by atoms with Crippen LogP contribution in [-0.4, -0.2) is 25.0 Å². The zero-order valence-corrected chi connectivity index (χ0v) is 14.3. The van der Waals surface area contributed by atoms with Crippen LogP contribution in [0.25, 0.3) is 33.1 Å². The van der Waals surface area contributed by atoms with Gasteiger partial charge >= 0.3 is 0 Å². The van der Waals surface area contributed by atoms with E-state index in [0.29, 0.717) is 0 Å². The molecule has 0 aromatic carbocycles. The summed E-state index contributed by atoms with van der Waals surface area (Å²) in [5.41, 5.74) is 4.58. The van der Waals surface area contributed by atoms with E-state index in [2.05, 4.69) is 32.9 Å². The van der Waals surface area contributed by atoms with Gasteiger partial charge in [0.25, 0.3) is 0 Å². The van der Waals surface area contributed by atoms with Gasteiger partial charge in [0.1, 0.15) is 0 Å². The second kappa shape index (κ2) is 6.26. The van der Waals surface area contributed by atoms with Crippen molar-refractivity contribution in [3.8, 4) is 11.3 Å². The molecule has 0 fully saturated rings. The minimum Gasteiger partial charge on any atom is -0.387 e. The number of hydrogen-bond acceptors (Lipinski definition) is 4. The topological polar surface area (TPSA) is 74.7 Å². The SMILES string of the molecule is CCCC(O)c1cc(C)c(-c2cc3cnc4nccc4c3c[nH]2)cn1. The molecular formula is C20H20N4O. The predicted molar refractivity (Wildman–Crippen MR) is 99.2 cm³/mol. The highest BCUT2D eigenvalue weighted by molar-refractivity contribution is 6.04. The van der Waals surface area contributed by atoms with Gasteiger partial charge in [0, 0.05) is 52.2 Å². The highest BCUT2D eigenvalue weighted by Crippen LogP contribution is 2.28. The molecule has 0 aliphatic carbocycles. The van der Waals surface area contributed by atoms with Gasteiger partial charge in [-0.2, -0.15) is 0 Å². The Morgan fingerprint density at radius 1 is 1.12 bits per heavy atom. The number of nitrogens with zero attached hydrogens (tertiary/aromatic N) is 3. The molecule has 2 N–H and O–H groups in total. The Morgan fingerprint density at radius 3 is 2.80 bits per heavy atom. The number of H-pyrrole nitrogens is 1. The van der Waals surface area contributed by atoms with E-state index in [-0.39, 0.29) is 0 Å².